The Kier molecular flexibility index (Phi) is 7.90. The molecule has 3 aromatic rings. The fraction of sp³-hybridized carbons (Fsp3) is 0.409. The summed E-state index contributed by atoms with van der Waals surface area (Å²) in [6.07, 6.45) is 3.39. The molecule has 0 aromatic carbocycles. The van der Waals surface area contributed by atoms with Gasteiger partial charge >= 0.3 is 0 Å². The summed E-state index contributed by atoms with van der Waals surface area (Å²) in [5.74, 6) is 1.04. The maximum atomic E-state index is 12.7. The zero-order chi connectivity index (χ0) is 23.3. The predicted molar refractivity (Wildman–Crippen MR) is 125 cm³/mol. The molecular formula is C22H28N5O4P. The van der Waals surface area contributed by atoms with E-state index in [-0.39, 0.29) is 19.9 Å². The van der Waals surface area contributed by atoms with Crippen LogP contribution in [-0.2, 0) is 23.0 Å². The number of rotatable bonds is 4. The highest BCUT2D eigenvalue weighted by molar-refractivity contribution is 7.22. The van der Waals surface area contributed by atoms with E-state index in [1.54, 1.807) is 36.7 Å². The van der Waals surface area contributed by atoms with Gasteiger partial charge in [-0.05, 0) is 30.7 Å². The summed E-state index contributed by atoms with van der Waals surface area (Å²) in [5, 5.41) is 6.68. The number of fused-ring (bicyclic) bond motifs is 1. The van der Waals surface area contributed by atoms with Crippen LogP contribution in [0.2, 0.25) is 0 Å². The Morgan fingerprint density at radius 1 is 1.41 bits per heavy atom. The van der Waals surface area contributed by atoms with E-state index in [0.29, 0.717) is 29.4 Å². The highest BCUT2D eigenvalue weighted by atomic mass is 31.1. The number of hydrogen-bond donors (Lipinski definition) is 2. The first-order valence-corrected chi connectivity index (χ1v) is 11.6. The number of pyridine rings is 2. The first kappa shape index (κ1) is 23.8. The fourth-order valence-corrected chi connectivity index (χ4v) is 3.81. The molecule has 0 bridgehead atoms. The van der Waals surface area contributed by atoms with Gasteiger partial charge in [0.1, 0.15) is 17.2 Å². The van der Waals surface area contributed by atoms with E-state index in [9.17, 15) is 9.59 Å². The lowest BCUT2D eigenvalue weighted by atomic mass is 10.1. The first-order valence-electron chi connectivity index (χ1n) is 10.4. The Bertz CT molecular complexity index is 1170. The molecule has 4 heterocycles. The number of nitrogens with one attached hydrogen (secondary N) is 2. The lowest BCUT2D eigenvalue weighted by Gasteiger charge is -2.30. The smallest absolute Gasteiger partial charge is 0.261 e. The van der Waals surface area contributed by atoms with E-state index in [0.717, 1.165) is 36.5 Å². The molecular weight excluding hydrogens is 429 g/mol. The van der Waals surface area contributed by atoms with E-state index >= 15 is 0 Å². The second kappa shape index (κ2) is 10.6. The van der Waals surface area contributed by atoms with Crippen molar-refractivity contribution in [2.75, 3.05) is 31.6 Å². The summed E-state index contributed by atoms with van der Waals surface area (Å²) in [6, 6.07) is 5.90. The molecule has 3 aromatic heterocycles. The van der Waals surface area contributed by atoms with Crippen molar-refractivity contribution in [2.24, 2.45) is 7.05 Å². The SMILES string of the molecule is CC(=O)Nc1cc(-c2cn(C)c(=O)c3cc(CN4CCNC(C)C4)oc23)ccn1.CP=O. The molecule has 10 heteroatoms. The fourth-order valence-electron chi connectivity index (χ4n) is 3.81. The third-order valence-electron chi connectivity index (χ3n) is 5.11. The van der Waals surface area contributed by atoms with Crippen molar-refractivity contribution >= 4 is 31.2 Å². The lowest BCUT2D eigenvalue weighted by molar-refractivity contribution is -0.114. The largest absolute Gasteiger partial charge is 0.459 e. The third-order valence-corrected chi connectivity index (χ3v) is 5.11. The van der Waals surface area contributed by atoms with Gasteiger partial charge in [0, 0.05) is 64.3 Å². The van der Waals surface area contributed by atoms with Crippen LogP contribution in [0.25, 0.3) is 22.1 Å². The quantitative estimate of drug-likeness (QED) is 0.580. The number of aromatic nitrogens is 2. The number of piperazine rings is 1. The Morgan fingerprint density at radius 2 is 2.16 bits per heavy atom. The Morgan fingerprint density at radius 3 is 2.84 bits per heavy atom. The molecule has 1 aliphatic rings. The Balaban J connectivity index is 0.000000913. The summed E-state index contributed by atoms with van der Waals surface area (Å²) < 4.78 is 16.6. The van der Waals surface area contributed by atoms with E-state index in [2.05, 4.69) is 27.4 Å². The van der Waals surface area contributed by atoms with Crippen LogP contribution in [-0.4, -0.2) is 52.7 Å². The van der Waals surface area contributed by atoms with Crippen LogP contribution < -0.4 is 16.2 Å². The maximum absolute atomic E-state index is 12.7. The number of anilines is 1. The van der Waals surface area contributed by atoms with Crippen LogP contribution in [0.4, 0.5) is 5.82 Å². The van der Waals surface area contributed by atoms with Crippen LogP contribution in [0.3, 0.4) is 0 Å². The number of furan rings is 1. The summed E-state index contributed by atoms with van der Waals surface area (Å²) >= 11 is 0. The van der Waals surface area contributed by atoms with E-state index in [1.165, 1.54) is 6.92 Å². The Labute approximate surface area is 188 Å². The van der Waals surface area contributed by atoms with Gasteiger partial charge in [0.25, 0.3) is 5.56 Å². The van der Waals surface area contributed by atoms with Crippen molar-refractivity contribution in [3.05, 3.63) is 46.7 Å². The predicted octanol–water partition coefficient (Wildman–Crippen LogP) is 2.85. The molecule has 9 nitrogen and oxygen atoms in total. The molecule has 0 aliphatic carbocycles. The van der Waals surface area contributed by atoms with Crippen LogP contribution in [0.5, 0.6) is 0 Å². The molecule has 0 spiro atoms. The standard InChI is InChI=1S/C21H25N5O3.CH3OP/c1-13-10-26(7-6-22-13)11-16-9-17-20(29-16)18(12-25(3)21(17)28)15-4-5-23-19(8-15)24-14(2)27;1-3-2/h4-5,8-9,12-13,22H,6-7,10-11H2,1-3H3,(H,23,24,27);1H3. The minimum absolute atomic E-state index is 0.0939. The molecule has 1 unspecified atom stereocenters. The second-order valence-electron chi connectivity index (χ2n) is 7.80. The number of carbonyl (C=O) groups is 1. The molecule has 0 saturated carbocycles. The number of aryl methyl sites for hydroxylation is 1. The normalized spacial score (nSPS) is 16.6. The number of carbonyl (C=O) groups excluding carboxylic acids is 1. The summed E-state index contributed by atoms with van der Waals surface area (Å²) in [4.78, 5) is 30.6. The van der Waals surface area contributed by atoms with E-state index in [1.807, 2.05) is 12.1 Å². The average Bonchev–Trinajstić information content (AvgIpc) is 3.15. The van der Waals surface area contributed by atoms with Gasteiger partial charge in [-0.3, -0.25) is 19.1 Å². The molecule has 1 amide bonds. The number of nitrogens with zero attached hydrogens (tertiary/aromatic N) is 3. The molecule has 1 fully saturated rings. The van der Waals surface area contributed by atoms with Crippen molar-refractivity contribution in [2.45, 2.75) is 26.4 Å². The van der Waals surface area contributed by atoms with Crippen molar-refractivity contribution in [3.63, 3.8) is 0 Å². The average molecular weight is 457 g/mol. The number of hydrogen-bond acceptors (Lipinski definition) is 7. The van der Waals surface area contributed by atoms with Gasteiger partial charge in [-0.25, -0.2) is 4.98 Å². The zero-order valence-corrected chi connectivity index (χ0v) is 19.6. The van der Waals surface area contributed by atoms with Gasteiger partial charge in [0.15, 0.2) is 8.46 Å². The molecule has 1 aliphatic heterocycles. The maximum Gasteiger partial charge on any atom is 0.261 e. The van der Waals surface area contributed by atoms with Crippen molar-refractivity contribution in [1.29, 1.82) is 0 Å². The van der Waals surface area contributed by atoms with Crippen LogP contribution in [0, 0.1) is 0 Å². The topological polar surface area (TPSA) is 109 Å². The molecule has 4 rings (SSSR count). The highest BCUT2D eigenvalue weighted by Gasteiger charge is 2.20. The minimum atomic E-state index is -0.189. The van der Waals surface area contributed by atoms with Gasteiger partial charge in [0.05, 0.1) is 11.9 Å². The molecule has 2 N–H and O–H groups in total. The monoisotopic (exact) mass is 457 g/mol. The molecule has 32 heavy (non-hydrogen) atoms. The zero-order valence-electron chi connectivity index (χ0n) is 18.7. The lowest BCUT2D eigenvalue weighted by Crippen LogP contribution is -2.48. The van der Waals surface area contributed by atoms with Crippen LogP contribution >= 0.6 is 8.46 Å². The van der Waals surface area contributed by atoms with Crippen LogP contribution in [0.15, 0.2) is 39.8 Å². The molecule has 0 radical (unpaired) electrons. The summed E-state index contributed by atoms with van der Waals surface area (Å²) in [5.41, 5.74) is 2.08. The third kappa shape index (κ3) is 5.68. The van der Waals surface area contributed by atoms with Gasteiger partial charge < -0.3 is 19.6 Å². The molecule has 1 atom stereocenters. The van der Waals surface area contributed by atoms with Gasteiger partial charge in [-0.2, -0.15) is 0 Å². The van der Waals surface area contributed by atoms with Crippen molar-refractivity contribution in [3.8, 4) is 11.1 Å². The summed E-state index contributed by atoms with van der Waals surface area (Å²) in [7, 11) is 1.89. The molecule has 170 valence electrons. The Hall–Kier alpha value is -2.87. The number of amides is 1. The first-order chi connectivity index (χ1) is 15.3. The van der Waals surface area contributed by atoms with Crippen molar-refractivity contribution in [1.82, 2.24) is 19.8 Å². The van der Waals surface area contributed by atoms with E-state index in [4.69, 9.17) is 8.98 Å². The minimum Gasteiger partial charge on any atom is -0.459 e. The summed E-state index contributed by atoms with van der Waals surface area (Å²) in [6.45, 7) is 8.63. The van der Waals surface area contributed by atoms with Crippen molar-refractivity contribution < 1.29 is 13.8 Å². The van der Waals surface area contributed by atoms with Gasteiger partial charge in [0.2, 0.25) is 5.91 Å². The highest BCUT2D eigenvalue weighted by Crippen LogP contribution is 2.30. The van der Waals surface area contributed by atoms with Gasteiger partial charge in [-0.1, -0.05) is 0 Å². The van der Waals surface area contributed by atoms with Gasteiger partial charge in [-0.15, -0.1) is 0 Å². The molecule has 1 saturated heterocycles. The second-order valence-corrected chi connectivity index (χ2v) is 8.16. The van der Waals surface area contributed by atoms with Crippen LogP contribution in [0.1, 0.15) is 19.6 Å². The van der Waals surface area contributed by atoms with E-state index < -0.39 is 0 Å².